The fourth-order valence-corrected chi connectivity index (χ4v) is 6.34. The first-order valence-electron chi connectivity index (χ1n) is 11.6. The van der Waals surface area contributed by atoms with Crippen molar-refractivity contribution in [2.24, 2.45) is 0 Å². The molecule has 2 aliphatic rings. The number of methoxy groups -OCH3 is 1. The molecule has 1 N–H and O–H groups in total. The monoisotopic (exact) mass is 477 g/mol. The third-order valence-corrected chi connectivity index (χ3v) is 8.24. The molecule has 0 radical (unpaired) electrons. The summed E-state index contributed by atoms with van der Waals surface area (Å²) < 4.78 is 5.41. The number of pyridine rings is 1. The molecule has 0 amide bonds. The number of nitrogens with zero attached hydrogens (tertiary/aromatic N) is 4. The standard InChI is InChI=1S/C25H27N5O3S/c1-33-20-4-6-24-23(12-20)22(16(13-26)14-28-24)8-9-29-18-2-3-19(29)11-17(10-18)27-15-21-5-7-25(34-21)30(31)32/h4-7,12,14,17-19,27H,2-3,8-11,15H2,1H3/t17?,18-,19+. The predicted octanol–water partition coefficient (Wildman–Crippen LogP) is 4.41. The van der Waals surface area contributed by atoms with Crippen molar-refractivity contribution in [2.45, 2.75) is 56.8 Å². The Morgan fingerprint density at radius 1 is 1.29 bits per heavy atom. The smallest absolute Gasteiger partial charge is 0.324 e. The maximum atomic E-state index is 10.9. The van der Waals surface area contributed by atoms with Crippen LogP contribution in [0.4, 0.5) is 5.00 Å². The Hall–Kier alpha value is -3.06. The molecular weight excluding hydrogens is 450 g/mol. The number of nitro groups is 1. The first kappa shape index (κ1) is 22.7. The van der Waals surface area contributed by atoms with Gasteiger partial charge in [-0.3, -0.25) is 20.0 Å². The van der Waals surface area contributed by atoms with Gasteiger partial charge in [0.15, 0.2) is 0 Å². The number of benzene rings is 1. The summed E-state index contributed by atoms with van der Waals surface area (Å²) in [6.45, 7) is 1.60. The number of nitriles is 1. The van der Waals surface area contributed by atoms with Crippen LogP contribution in [-0.4, -0.2) is 46.6 Å². The summed E-state index contributed by atoms with van der Waals surface area (Å²) in [4.78, 5) is 18.7. The number of hydrogen-bond acceptors (Lipinski definition) is 8. The number of ether oxygens (including phenoxy) is 1. The van der Waals surface area contributed by atoms with Gasteiger partial charge >= 0.3 is 5.00 Å². The second kappa shape index (κ2) is 9.66. The van der Waals surface area contributed by atoms with E-state index in [1.54, 1.807) is 19.4 Å². The molecule has 1 aromatic carbocycles. The molecule has 2 bridgehead atoms. The fraction of sp³-hybridized carbons (Fsp3) is 0.440. The van der Waals surface area contributed by atoms with Crippen molar-refractivity contribution >= 4 is 27.2 Å². The Labute approximate surface area is 202 Å². The average molecular weight is 478 g/mol. The van der Waals surface area contributed by atoms with E-state index < -0.39 is 0 Å². The number of nitrogens with one attached hydrogen (secondary N) is 1. The zero-order valence-corrected chi connectivity index (χ0v) is 19.9. The van der Waals surface area contributed by atoms with Crippen LogP contribution in [0.2, 0.25) is 0 Å². The Kier molecular flexibility index (Phi) is 6.46. The topological polar surface area (TPSA) is 104 Å². The molecular formula is C25H27N5O3S. The lowest BCUT2D eigenvalue weighted by Gasteiger charge is -2.39. The van der Waals surface area contributed by atoms with Gasteiger partial charge in [-0.15, -0.1) is 0 Å². The molecule has 2 saturated heterocycles. The minimum Gasteiger partial charge on any atom is -0.497 e. The van der Waals surface area contributed by atoms with E-state index in [1.165, 1.54) is 24.2 Å². The van der Waals surface area contributed by atoms with E-state index in [4.69, 9.17) is 4.74 Å². The van der Waals surface area contributed by atoms with Crippen molar-refractivity contribution in [2.75, 3.05) is 13.7 Å². The first-order valence-corrected chi connectivity index (χ1v) is 12.5. The van der Waals surface area contributed by atoms with Crippen LogP contribution in [0.15, 0.2) is 36.5 Å². The molecule has 3 atom stereocenters. The van der Waals surface area contributed by atoms with Crippen molar-refractivity contribution in [1.29, 1.82) is 5.26 Å². The van der Waals surface area contributed by atoms with Crippen LogP contribution in [0, 0.1) is 21.4 Å². The molecule has 0 saturated carbocycles. The largest absolute Gasteiger partial charge is 0.497 e. The molecule has 3 aromatic rings. The van der Waals surface area contributed by atoms with Crippen LogP contribution in [0.25, 0.3) is 10.9 Å². The molecule has 0 spiro atoms. The van der Waals surface area contributed by atoms with Gasteiger partial charge in [0.1, 0.15) is 11.8 Å². The SMILES string of the molecule is COc1ccc2ncc(C#N)c(CCN3[C@@H]4CC[C@H]3CC(NCc3ccc([N+](=O)[O-])s3)C4)c2c1. The summed E-state index contributed by atoms with van der Waals surface area (Å²) in [7, 11) is 1.65. The second-order valence-electron chi connectivity index (χ2n) is 9.06. The highest BCUT2D eigenvalue weighted by Crippen LogP contribution is 2.37. The Bertz CT molecular complexity index is 1240. The van der Waals surface area contributed by atoms with Gasteiger partial charge in [0.2, 0.25) is 0 Å². The van der Waals surface area contributed by atoms with Crippen LogP contribution in [0.3, 0.4) is 0 Å². The molecule has 2 aromatic heterocycles. The molecule has 34 heavy (non-hydrogen) atoms. The number of thiophene rings is 1. The van der Waals surface area contributed by atoms with Gasteiger partial charge in [-0.25, -0.2) is 0 Å². The lowest BCUT2D eigenvalue weighted by molar-refractivity contribution is -0.380. The number of hydrogen-bond donors (Lipinski definition) is 1. The highest BCUT2D eigenvalue weighted by molar-refractivity contribution is 7.15. The third kappa shape index (κ3) is 4.49. The predicted molar refractivity (Wildman–Crippen MR) is 131 cm³/mol. The Balaban J connectivity index is 1.24. The quantitative estimate of drug-likeness (QED) is 0.378. The molecule has 4 heterocycles. The Morgan fingerprint density at radius 2 is 2.09 bits per heavy atom. The first-order chi connectivity index (χ1) is 16.6. The third-order valence-electron chi connectivity index (χ3n) is 7.20. The Morgan fingerprint density at radius 3 is 2.76 bits per heavy atom. The molecule has 9 heteroatoms. The molecule has 5 rings (SSSR count). The highest BCUT2D eigenvalue weighted by atomic mass is 32.1. The maximum Gasteiger partial charge on any atom is 0.324 e. The molecule has 2 aliphatic heterocycles. The van der Waals surface area contributed by atoms with E-state index >= 15 is 0 Å². The molecule has 2 fully saturated rings. The lowest BCUT2D eigenvalue weighted by Crippen LogP contribution is -2.49. The van der Waals surface area contributed by atoms with Crippen LogP contribution in [0.5, 0.6) is 5.75 Å². The summed E-state index contributed by atoms with van der Waals surface area (Å²) in [5.74, 6) is 0.772. The van der Waals surface area contributed by atoms with Crippen LogP contribution in [0.1, 0.15) is 41.7 Å². The van der Waals surface area contributed by atoms with Crippen molar-refractivity contribution in [3.8, 4) is 11.8 Å². The molecule has 0 aliphatic carbocycles. The summed E-state index contributed by atoms with van der Waals surface area (Å²) in [5, 5.41) is 25.4. The van der Waals surface area contributed by atoms with Crippen molar-refractivity contribution < 1.29 is 9.66 Å². The summed E-state index contributed by atoms with van der Waals surface area (Å²) in [5.41, 5.74) is 2.56. The van der Waals surface area contributed by atoms with Gasteiger partial charge in [0, 0.05) is 53.7 Å². The van der Waals surface area contributed by atoms with E-state index in [0.717, 1.165) is 52.9 Å². The number of rotatable bonds is 8. The van der Waals surface area contributed by atoms with Crippen LogP contribution < -0.4 is 10.1 Å². The van der Waals surface area contributed by atoms with Gasteiger partial charge in [-0.2, -0.15) is 5.26 Å². The summed E-state index contributed by atoms with van der Waals surface area (Å²) in [6.07, 6.45) is 7.05. The molecule has 8 nitrogen and oxygen atoms in total. The maximum absolute atomic E-state index is 10.9. The van der Waals surface area contributed by atoms with Gasteiger partial charge in [0.05, 0.1) is 23.1 Å². The van der Waals surface area contributed by atoms with Crippen LogP contribution >= 0.6 is 11.3 Å². The second-order valence-corrected chi connectivity index (χ2v) is 10.2. The normalized spacial score (nSPS) is 22.1. The summed E-state index contributed by atoms with van der Waals surface area (Å²) in [6, 6.07) is 13.1. The zero-order valence-electron chi connectivity index (χ0n) is 19.1. The van der Waals surface area contributed by atoms with Gasteiger partial charge in [-0.1, -0.05) is 11.3 Å². The van der Waals surface area contributed by atoms with Crippen molar-refractivity contribution in [3.63, 3.8) is 0 Å². The fourth-order valence-electron chi connectivity index (χ4n) is 5.57. The minimum absolute atomic E-state index is 0.199. The van der Waals surface area contributed by atoms with Crippen LogP contribution in [-0.2, 0) is 13.0 Å². The number of aromatic nitrogens is 1. The zero-order chi connectivity index (χ0) is 23.7. The number of fused-ring (bicyclic) bond motifs is 3. The highest BCUT2D eigenvalue weighted by Gasteiger charge is 2.40. The van der Waals surface area contributed by atoms with E-state index in [0.29, 0.717) is 30.2 Å². The van der Waals surface area contributed by atoms with Gasteiger partial charge in [0.25, 0.3) is 0 Å². The van der Waals surface area contributed by atoms with Crippen molar-refractivity contribution in [1.82, 2.24) is 15.2 Å². The number of piperidine rings is 1. The van der Waals surface area contributed by atoms with Gasteiger partial charge in [-0.05, 0) is 61.9 Å². The lowest BCUT2D eigenvalue weighted by atomic mass is 9.95. The van der Waals surface area contributed by atoms with Crippen molar-refractivity contribution in [3.05, 3.63) is 62.6 Å². The average Bonchev–Trinajstić information content (AvgIpc) is 3.42. The van der Waals surface area contributed by atoms with E-state index in [9.17, 15) is 15.4 Å². The van der Waals surface area contributed by atoms with E-state index in [2.05, 4.69) is 21.3 Å². The van der Waals surface area contributed by atoms with Gasteiger partial charge < -0.3 is 10.1 Å². The van der Waals surface area contributed by atoms with E-state index in [1.807, 2.05) is 24.3 Å². The molecule has 1 unspecified atom stereocenters. The summed E-state index contributed by atoms with van der Waals surface area (Å²) >= 11 is 1.25. The minimum atomic E-state index is -0.327. The van der Waals surface area contributed by atoms with E-state index in [-0.39, 0.29) is 9.92 Å². The molecule has 176 valence electrons.